The standard InChI is InChI=1S/C14H18N2O2/c1-4-18-14(17)13(15-3)12-9(2)16-11-8-6-5-7-10(11)12/h5-8,13,15-16H,4H2,1-3H3. The van der Waals surface area contributed by atoms with Crippen LogP contribution in [0.15, 0.2) is 24.3 Å². The minimum atomic E-state index is -0.430. The Kier molecular flexibility index (Phi) is 3.67. The number of benzene rings is 1. The zero-order valence-electron chi connectivity index (χ0n) is 10.9. The zero-order chi connectivity index (χ0) is 13.1. The monoisotopic (exact) mass is 246 g/mol. The van der Waals surface area contributed by atoms with Crippen molar-refractivity contribution in [3.63, 3.8) is 0 Å². The average Bonchev–Trinajstić information content (AvgIpc) is 2.68. The Morgan fingerprint density at radius 2 is 2.17 bits per heavy atom. The Bertz CT molecular complexity index is 560. The normalized spacial score (nSPS) is 12.6. The molecular formula is C14H18N2O2. The number of ether oxygens (including phenoxy) is 1. The van der Waals surface area contributed by atoms with Crippen molar-refractivity contribution in [1.29, 1.82) is 0 Å². The molecule has 0 spiro atoms. The molecule has 0 fully saturated rings. The second kappa shape index (κ2) is 5.23. The molecule has 1 aromatic heterocycles. The van der Waals surface area contributed by atoms with Crippen LogP contribution in [0.5, 0.6) is 0 Å². The van der Waals surface area contributed by atoms with Gasteiger partial charge in [0.25, 0.3) is 0 Å². The Hall–Kier alpha value is -1.81. The van der Waals surface area contributed by atoms with E-state index in [1.165, 1.54) is 0 Å². The highest BCUT2D eigenvalue weighted by atomic mass is 16.5. The number of hydrogen-bond acceptors (Lipinski definition) is 3. The van der Waals surface area contributed by atoms with Crippen LogP contribution in [0, 0.1) is 6.92 Å². The van der Waals surface area contributed by atoms with Gasteiger partial charge < -0.3 is 15.0 Å². The molecule has 0 amide bonds. The molecule has 4 nitrogen and oxygen atoms in total. The molecule has 0 aliphatic carbocycles. The van der Waals surface area contributed by atoms with Crippen molar-refractivity contribution in [3.05, 3.63) is 35.5 Å². The number of likely N-dealkylation sites (N-methyl/N-ethyl adjacent to an activating group) is 1. The van der Waals surface area contributed by atoms with E-state index in [1.54, 1.807) is 7.05 Å². The molecule has 0 saturated carbocycles. The second-order valence-corrected chi connectivity index (χ2v) is 4.18. The van der Waals surface area contributed by atoms with Crippen LogP contribution >= 0.6 is 0 Å². The Labute approximate surface area is 106 Å². The molecule has 1 unspecified atom stereocenters. The SMILES string of the molecule is CCOC(=O)C(NC)c1c(C)[nH]c2ccccc12. The second-order valence-electron chi connectivity index (χ2n) is 4.18. The predicted octanol–water partition coefficient (Wildman–Crippen LogP) is 2.30. The molecule has 2 aromatic rings. The summed E-state index contributed by atoms with van der Waals surface area (Å²) in [5, 5.41) is 4.09. The average molecular weight is 246 g/mol. The van der Waals surface area contributed by atoms with Crippen molar-refractivity contribution in [2.24, 2.45) is 0 Å². The maximum atomic E-state index is 12.0. The number of carbonyl (C=O) groups is 1. The first kappa shape index (κ1) is 12.6. The van der Waals surface area contributed by atoms with Gasteiger partial charge >= 0.3 is 5.97 Å². The first-order valence-corrected chi connectivity index (χ1v) is 6.10. The molecular weight excluding hydrogens is 228 g/mol. The number of hydrogen-bond donors (Lipinski definition) is 2. The van der Waals surface area contributed by atoms with Crippen molar-refractivity contribution < 1.29 is 9.53 Å². The lowest BCUT2D eigenvalue weighted by Gasteiger charge is -2.15. The number of fused-ring (bicyclic) bond motifs is 1. The summed E-state index contributed by atoms with van der Waals surface area (Å²) >= 11 is 0. The van der Waals surface area contributed by atoms with Gasteiger partial charge in [-0.3, -0.25) is 0 Å². The molecule has 0 aliphatic rings. The van der Waals surface area contributed by atoms with Gasteiger partial charge in [0.05, 0.1) is 6.61 Å². The van der Waals surface area contributed by atoms with Gasteiger partial charge in [0, 0.05) is 22.2 Å². The molecule has 0 bridgehead atoms. The van der Waals surface area contributed by atoms with Gasteiger partial charge in [-0.15, -0.1) is 0 Å². The number of H-pyrrole nitrogens is 1. The highest BCUT2D eigenvalue weighted by Gasteiger charge is 2.25. The summed E-state index contributed by atoms with van der Waals surface area (Å²) in [6.45, 7) is 4.17. The summed E-state index contributed by atoms with van der Waals surface area (Å²) in [6.07, 6.45) is 0. The van der Waals surface area contributed by atoms with Crippen molar-refractivity contribution in [3.8, 4) is 0 Å². The molecule has 1 aromatic carbocycles. The van der Waals surface area contributed by atoms with Crippen LogP contribution in [0.2, 0.25) is 0 Å². The number of aryl methyl sites for hydroxylation is 1. The van der Waals surface area contributed by atoms with E-state index in [9.17, 15) is 4.79 Å². The van der Waals surface area contributed by atoms with E-state index in [-0.39, 0.29) is 5.97 Å². The molecule has 0 aliphatic heterocycles. The van der Waals surface area contributed by atoms with E-state index >= 15 is 0 Å². The minimum Gasteiger partial charge on any atom is -0.465 e. The largest absolute Gasteiger partial charge is 0.465 e. The zero-order valence-corrected chi connectivity index (χ0v) is 10.9. The summed E-state index contributed by atoms with van der Waals surface area (Å²) < 4.78 is 5.11. The van der Waals surface area contributed by atoms with Crippen LogP contribution in [0.3, 0.4) is 0 Å². The molecule has 2 rings (SSSR count). The van der Waals surface area contributed by atoms with Gasteiger partial charge in [-0.2, -0.15) is 0 Å². The van der Waals surface area contributed by atoms with Gasteiger partial charge in [0.2, 0.25) is 0 Å². The van der Waals surface area contributed by atoms with E-state index in [4.69, 9.17) is 4.74 Å². The molecule has 1 atom stereocenters. The third kappa shape index (κ3) is 2.11. The topological polar surface area (TPSA) is 54.1 Å². The third-order valence-electron chi connectivity index (χ3n) is 3.04. The summed E-state index contributed by atoms with van der Waals surface area (Å²) in [4.78, 5) is 15.3. The summed E-state index contributed by atoms with van der Waals surface area (Å²) in [6, 6.07) is 7.53. The third-order valence-corrected chi connectivity index (χ3v) is 3.04. The first-order chi connectivity index (χ1) is 8.69. The highest BCUT2D eigenvalue weighted by Crippen LogP contribution is 2.28. The fourth-order valence-corrected chi connectivity index (χ4v) is 2.28. The fourth-order valence-electron chi connectivity index (χ4n) is 2.28. The predicted molar refractivity (Wildman–Crippen MR) is 71.5 cm³/mol. The minimum absolute atomic E-state index is 0.243. The van der Waals surface area contributed by atoms with E-state index in [2.05, 4.69) is 10.3 Å². The van der Waals surface area contributed by atoms with E-state index < -0.39 is 6.04 Å². The quantitative estimate of drug-likeness (QED) is 0.814. The Balaban J connectivity index is 2.50. The number of aromatic nitrogens is 1. The summed E-state index contributed by atoms with van der Waals surface area (Å²) in [7, 11) is 1.77. The van der Waals surface area contributed by atoms with E-state index in [0.717, 1.165) is 22.2 Å². The maximum Gasteiger partial charge on any atom is 0.327 e. The lowest BCUT2D eigenvalue weighted by atomic mass is 10.0. The number of para-hydroxylation sites is 1. The molecule has 1 heterocycles. The molecule has 18 heavy (non-hydrogen) atoms. The maximum absolute atomic E-state index is 12.0. The molecule has 0 saturated heterocycles. The summed E-state index contributed by atoms with van der Waals surface area (Å²) in [5.41, 5.74) is 2.99. The summed E-state index contributed by atoms with van der Waals surface area (Å²) in [5.74, 6) is -0.243. The molecule has 4 heteroatoms. The molecule has 2 N–H and O–H groups in total. The lowest BCUT2D eigenvalue weighted by molar-refractivity contribution is -0.145. The van der Waals surface area contributed by atoms with Gasteiger partial charge in [0.15, 0.2) is 0 Å². The van der Waals surface area contributed by atoms with Gasteiger partial charge in [-0.25, -0.2) is 4.79 Å². The highest BCUT2D eigenvalue weighted by molar-refractivity contribution is 5.90. The van der Waals surface area contributed by atoms with Gasteiger partial charge in [-0.1, -0.05) is 18.2 Å². The number of nitrogens with one attached hydrogen (secondary N) is 2. The van der Waals surface area contributed by atoms with Crippen LogP contribution in [0.1, 0.15) is 24.2 Å². The number of rotatable bonds is 4. The van der Waals surface area contributed by atoms with Crippen LogP contribution in [-0.2, 0) is 9.53 Å². The van der Waals surface area contributed by atoms with Crippen LogP contribution in [0.4, 0.5) is 0 Å². The Morgan fingerprint density at radius 3 is 2.83 bits per heavy atom. The Morgan fingerprint density at radius 1 is 1.44 bits per heavy atom. The van der Waals surface area contributed by atoms with Gasteiger partial charge in [0.1, 0.15) is 6.04 Å². The number of carbonyl (C=O) groups excluding carboxylic acids is 1. The van der Waals surface area contributed by atoms with Crippen molar-refractivity contribution in [1.82, 2.24) is 10.3 Å². The number of aromatic amines is 1. The van der Waals surface area contributed by atoms with Crippen molar-refractivity contribution in [2.75, 3.05) is 13.7 Å². The van der Waals surface area contributed by atoms with Gasteiger partial charge in [-0.05, 0) is 27.0 Å². The van der Waals surface area contributed by atoms with Crippen molar-refractivity contribution >= 4 is 16.9 Å². The fraction of sp³-hybridized carbons (Fsp3) is 0.357. The van der Waals surface area contributed by atoms with Crippen molar-refractivity contribution in [2.45, 2.75) is 19.9 Å². The van der Waals surface area contributed by atoms with Crippen LogP contribution in [0.25, 0.3) is 10.9 Å². The molecule has 0 radical (unpaired) electrons. The van der Waals surface area contributed by atoms with Crippen LogP contribution in [-0.4, -0.2) is 24.6 Å². The van der Waals surface area contributed by atoms with E-state index in [1.807, 2.05) is 38.1 Å². The van der Waals surface area contributed by atoms with E-state index in [0.29, 0.717) is 6.61 Å². The first-order valence-electron chi connectivity index (χ1n) is 6.10. The van der Waals surface area contributed by atoms with Crippen LogP contribution < -0.4 is 5.32 Å². The lowest BCUT2D eigenvalue weighted by Crippen LogP contribution is -2.27. The number of esters is 1. The smallest absolute Gasteiger partial charge is 0.327 e. The molecule has 96 valence electrons.